The molecule has 0 amide bonds. The van der Waals surface area contributed by atoms with Crippen LogP contribution in [0.25, 0.3) is 0 Å². The molecule has 0 aliphatic rings. The third-order valence-electron chi connectivity index (χ3n) is 1.02. The van der Waals surface area contributed by atoms with Gasteiger partial charge in [-0.2, -0.15) is 0 Å². The van der Waals surface area contributed by atoms with E-state index in [1.165, 1.54) is 0 Å². The predicted molar refractivity (Wildman–Crippen MR) is 51.2 cm³/mol. The van der Waals surface area contributed by atoms with Crippen LogP contribution >= 0.6 is 12.4 Å². The Labute approximate surface area is 97.0 Å². The number of rotatable bonds is 4. The fourth-order valence-electron chi connectivity index (χ4n) is 0.316. The smallest absolute Gasteiger partial charge is 0.0430 e. The fourth-order valence-corrected chi connectivity index (χ4v) is 0.316. The van der Waals surface area contributed by atoms with E-state index in [1.807, 2.05) is 0 Å². The van der Waals surface area contributed by atoms with E-state index >= 15 is 0 Å². The molecule has 2 nitrogen and oxygen atoms in total. The molecule has 0 atom stereocenters. The van der Waals surface area contributed by atoms with Gasteiger partial charge in [0.1, 0.15) is 0 Å². The molecule has 2 N–H and O–H groups in total. The summed E-state index contributed by atoms with van der Waals surface area (Å²) in [5, 5.41) is 16.1. The second kappa shape index (κ2) is 29.7. The Hall–Kier alpha value is 0.924. The molecule has 0 saturated carbocycles. The van der Waals surface area contributed by atoms with E-state index in [4.69, 9.17) is 10.2 Å². The van der Waals surface area contributed by atoms with Crippen molar-refractivity contribution >= 4 is 12.4 Å². The van der Waals surface area contributed by atoms with E-state index in [-0.39, 0.29) is 34.1 Å². The maximum atomic E-state index is 8.07. The van der Waals surface area contributed by atoms with Gasteiger partial charge in [0.25, 0.3) is 0 Å². The molecule has 0 fully saturated rings. The second-order valence-electron chi connectivity index (χ2n) is 2.15. The zero-order valence-electron chi connectivity index (χ0n) is 8.05. The van der Waals surface area contributed by atoms with Crippen molar-refractivity contribution in [1.29, 1.82) is 0 Å². The van der Waals surface area contributed by atoms with E-state index in [1.54, 1.807) is 0 Å². The Morgan fingerprint density at radius 1 is 0.833 bits per heavy atom. The summed E-state index contributed by atoms with van der Waals surface area (Å²) >= 11 is 0. The molecule has 0 saturated heterocycles. The summed E-state index contributed by atoms with van der Waals surface area (Å²) in [6, 6.07) is 0. The van der Waals surface area contributed by atoms with Crippen molar-refractivity contribution in [2.24, 2.45) is 0 Å². The fraction of sp³-hybridized carbons (Fsp3) is 1.00. The summed E-state index contributed by atoms with van der Waals surface area (Å²) in [6.07, 6.45) is 4.08. The molecule has 12 heavy (non-hydrogen) atoms. The van der Waals surface area contributed by atoms with Crippen molar-refractivity contribution in [2.45, 2.75) is 39.5 Å². The molecule has 0 radical (unpaired) electrons. The van der Waals surface area contributed by atoms with Crippen LogP contribution < -0.4 is 0 Å². The van der Waals surface area contributed by atoms with Gasteiger partial charge in [-0.1, -0.05) is 26.7 Å². The average Bonchev–Trinajstić information content (AvgIpc) is 1.93. The van der Waals surface area contributed by atoms with Gasteiger partial charge >= 0.3 is 0 Å². The molecule has 0 aliphatic carbocycles. The number of hydrogen-bond donors (Lipinski definition) is 2. The van der Waals surface area contributed by atoms with Crippen LogP contribution in [0, 0.1) is 0 Å². The maximum absolute atomic E-state index is 8.07. The Morgan fingerprint density at radius 2 is 1.08 bits per heavy atom. The first kappa shape index (κ1) is 23.1. The Balaban J connectivity index is -0.0000000457. The maximum Gasteiger partial charge on any atom is 0.0430 e. The quantitative estimate of drug-likeness (QED) is 0.728. The van der Waals surface area contributed by atoms with Gasteiger partial charge < -0.3 is 10.2 Å². The molecule has 76 valence electrons. The van der Waals surface area contributed by atoms with Gasteiger partial charge in [-0.05, 0) is 12.8 Å². The first-order valence-corrected chi connectivity index (χ1v) is 4.05. The third-order valence-corrected chi connectivity index (χ3v) is 1.02. The van der Waals surface area contributed by atoms with Crippen LogP contribution in [0.5, 0.6) is 0 Å². The number of hydrogen-bond acceptors (Lipinski definition) is 2. The summed E-state index contributed by atoms with van der Waals surface area (Å²) in [5.74, 6) is 0. The van der Waals surface area contributed by atoms with Crippen LogP contribution in [-0.2, 0) is 21.7 Å². The minimum absolute atomic E-state index is 0. The molecule has 0 spiro atoms. The summed E-state index contributed by atoms with van der Waals surface area (Å²) < 4.78 is 0. The third kappa shape index (κ3) is 44.4. The molecule has 0 aliphatic heterocycles. The SMILES string of the molecule is CCCCO.CCCCO.Cl.[Ti]. The molecule has 0 unspecified atom stereocenters. The molecule has 0 aromatic carbocycles. The van der Waals surface area contributed by atoms with Crippen molar-refractivity contribution in [1.82, 2.24) is 0 Å². The number of halogens is 1. The van der Waals surface area contributed by atoms with Gasteiger partial charge in [0.05, 0.1) is 0 Å². The average molecular weight is 233 g/mol. The zero-order valence-corrected chi connectivity index (χ0v) is 10.4. The van der Waals surface area contributed by atoms with E-state index in [0.717, 1.165) is 25.7 Å². The van der Waals surface area contributed by atoms with E-state index < -0.39 is 0 Å². The Morgan fingerprint density at radius 3 is 1.08 bits per heavy atom. The van der Waals surface area contributed by atoms with Crippen LogP contribution in [0.3, 0.4) is 0 Å². The standard InChI is InChI=1S/2C4H10O.ClH.Ti/c2*1-2-3-4-5;;/h2*5H,2-4H2,1H3;1H;. The van der Waals surface area contributed by atoms with Gasteiger partial charge in [-0.3, -0.25) is 0 Å². The van der Waals surface area contributed by atoms with Crippen molar-refractivity contribution in [3.05, 3.63) is 0 Å². The van der Waals surface area contributed by atoms with Gasteiger partial charge in [0, 0.05) is 34.9 Å². The zero-order chi connectivity index (χ0) is 8.24. The van der Waals surface area contributed by atoms with Gasteiger partial charge in [-0.15, -0.1) is 12.4 Å². The normalized spacial score (nSPS) is 7.00. The molecule has 0 bridgehead atoms. The summed E-state index contributed by atoms with van der Waals surface area (Å²) in [6.45, 7) is 4.79. The Bertz CT molecular complexity index is 38.0. The largest absolute Gasteiger partial charge is 0.396 e. The summed E-state index contributed by atoms with van der Waals surface area (Å²) in [7, 11) is 0. The van der Waals surface area contributed by atoms with Gasteiger partial charge in [0.2, 0.25) is 0 Å². The number of aliphatic hydroxyl groups excluding tert-OH is 2. The molecule has 0 rings (SSSR count). The first-order valence-electron chi connectivity index (χ1n) is 4.05. The van der Waals surface area contributed by atoms with E-state index in [0.29, 0.717) is 13.2 Å². The molecule has 4 heteroatoms. The summed E-state index contributed by atoms with van der Waals surface area (Å²) in [4.78, 5) is 0. The summed E-state index contributed by atoms with van der Waals surface area (Å²) in [5.41, 5.74) is 0. The van der Waals surface area contributed by atoms with Crippen LogP contribution in [0.2, 0.25) is 0 Å². The number of aliphatic hydroxyl groups is 2. The molecule has 0 aromatic rings. The van der Waals surface area contributed by atoms with Gasteiger partial charge in [-0.25, -0.2) is 0 Å². The van der Waals surface area contributed by atoms with Crippen molar-refractivity contribution in [2.75, 3.05) is 13.2 Å². The van der Waals surface area contributed by atoms with Crippen LogP contribution in [0.15, 0.2) is 0 Å². The number of unbranched alkanes of at least 4 members (excludes halogenated alkanes) is 2. The first-order chi connectivity index (χ1) is 4.83. The topological polar surface area (TPSA) is 40.5 Å². The predicted octanol–water partition coefficient (Wildman–Crippen LogP) is 1.98. The monoisotopic (exact) mass is 232 g/mol. The van der Waals surface area contributed by atoms with Gasteiger partial charge in [0.15, 0.2) is 0 Å². The van der Waals surface area contributed by atoms with E-state index in [9.17, 15) is 0 Å². The van der Waals surface area contributed by atoms with Crippen LogP contribution in [0.1, 0.15) is 39.5 Å². The minimum atomic E-state index is 0. The molecular weight excluding hydrogens is 211 g/mol. The molecule has 0 aromatic heterocycles. The molecule has 0 heterocycles. The molecular formula is C8H21ClO2Ti. The van der Waals surface area contributed by atoms with E-state index in [2.05, 4.69) is 13.8 Å². The van der Waals surface area contributed by atoms with Crippen molar-refractivity contribution in [3.8, 4) is 0 Å². The Kier molecular flexibility index (Phi) is 57.1. The van der Waals surface area contributed by atoms with Crippen molar-refractivity contribution < 1.29 is 31.9 Å². The van der Waals surface area contributed by atoms with Crippen LogP contribution in [0.4, 0.5) is 0 Å². The minimum Gasteiger partial charge on any atom is -0.396 e. The van der Waals surface area contributed by atoms with Crippen molar-refractivity contribution in [3.63, 3.8) is 0 Å². The van der Waals surface area contributed by atoms with Crippen LogP contribution in [-0.4, -0.2) is 23.4 Å². The second-order valence-corrected chi connectivity index (χ2v) is 2.15.